The zero-order chi connectivity index (χ0) is 25.8. The van der Waals surface area contributed by atoms with Crippen LogP contribution >= 0.6 is 23.4 Å². The number of rotatable bonds is 4. The molecule has 2 fully saturated rings. The summed E-state index contributed by atoms with van der Waals surface area (Å²) in [7, 11) is 1.81. The van der Waals surface area contributed by atoms with Gasteiger partial charge >= 0.3 is 6.18 Å². The summed E-state index contributed by atoms with van der Waals surface area (Å²) in [6.45, 7) is 0.680. The molecule has 12 heteroatoms. The Kier molecular flexibility index (Phi) is 6.36. The highest BCUT2D eigenvalue weighted by molar-refractivity contribution is 8.18. The van der Waals surface area contributed by atoms with Crippen LogP contribution in [0, 0.1) is 0 Å². The predicted octanol–water partition coefficient (Wildman–Crippen LogP) is 4.47. The Balaban J connectivity index is 1.40. The van der Waals surface area contributed by atoms with Crippen molar-refractivity contribution in [2.45, 2.75) is 24.9 Å². The van der Waals surface area contributed by atoms with Gasteiger partial charge in [0, 0.05) is 23.5 Å². The summed E-state index contributed by atoms with van der Waals surface area (Å²) >= 11 is 6.59. The number of halogens is 4. The Labute approximate surface area is 213 Å². The lowest BCUT2D eigenvalue weighted by Gasteiger charge is -2.22. The van der Waals surface area contributed by atoms with Gasteiger partial charge in [-0.1, -0.05) is 23.7 Å². The fourth-order valence-corrected chi connectivity index (χ4v) is 5.62. The van der Waals surface area contributed by atoms with Crippen LogP contribution in [0.3, 0.4) is 0 Å². The maximum atomic E-state index is 13.5. The number of amides is 2. The average Bonchev–Trinajstić information content (AvgIpc) is 3.43. The maximum absolute atomic E-state index is 13.5. The summed E-state index contributed by atoms with van der Waals surface area (Å²) in [6, 6.07) is 8.21. The van der Waals surface area contributed by atoms with E-state index in [0.29, 0.717) is 29.6 Å². The number of hydrogen-bond acceptors (Lipinski definition) is 6. The van der Waals surface area contributed by atoms with Gasteiger partial charge in [-0.3, -0.25) is 19.2 Å². The summed E-state index contributed by atoms with van der Waals surface area (Å²) < 4.78 is 41.9. The van der Waals surface area contributed by atoms with Gasteiger partial charge in [-0.25, -0.2) is 0 Å². The van der Waals surface area contributed by atoms with E-state index >= 15 is 0 Å². The number of alkyl halides is 3. The number of likely N-dealkylation sites (tertiary alicyclic amines) is 1. The first-order valence-corrected chi connectivity index (χ1v) is 12.2. The number of β-amino-alcohol motifs (C(OH)–C–C–N with tert-alkyl or cyclic N) is 1. The Morgan fingerprint density at radius 3 is 2.67 bits per heavy atom. The van der Waals surface area contributed by atoms with E-state index in [4.69, 9.17) is 11.6 Å². The second-order valence-electron chi connectivity index (χ2n) is 8.83. The van der Waals surface area contributed by atoms with Crippen molar-refractivity contribution in [1.29, 1.82) is 0 Å². The largest absolute Gasteiger partial charge is 0.416 e. The van der Waals surface area contributed by atoms with E-state index in [9.17, 15) is 27.9 Å². The standard InChI is InChI=1S/C24H20ClF3N4O3S/c1-30-11-19(20(33)12-30)32-22(34)21(36-23(32)35)7-13-2-5-18-15(6-13)9-29-31(18)10-14-3-4-16(25)8-17(14)24(26,27)28/h2-9,19-20,33H,10-12H2,1H3/b21-7-/t19?,20-/m1/s1. The lowest BCUT2D eigenvalue weighted by Crippen LogP contribution is -2.45. The Morgan fingerprint density at radius 1 is 1.19 bits per heavy atom. The molecular formula is C24H20ClF3N4O3S. The molecule has 0 bridgehead atoms. The number of hydrogen-bond donors (Lipinski definition) is 1. The van der Waals surface area contributed by atoms with Gasteiger partial charge in [-0.05, 0) is 60.3 Å². The summed E-state index contributed by atoms with van der Waals surface area (Å²) in [5.41, 5.74) is 0.471. The highest BCUT2D eigenvalue weighted by atomic mass is 35.5. The number of carbonyl (C=O) groups excluding carboxylic acids is 2. The number of fused-ring (bicyclic) bond motifs is 1. The zero-order valence-electron chi connectivity index (χ0n) is 18.9. The molecule has 2 atom stereocenters. The molecule has 0 radical (unpaired) electrons. The molecular weight excluding hydrogens is 517 g/mol. The molecule has 3 heterocycles. The lowest BCUT2D eigenvalue weighted by atomic mass is 10.1. The van der Waals surface area contributed by atoms with Gasteiger partial charge in [0.25, 0.3) is 11.1 Å². The number of imide groups is 1. The van der Waals surface area contributed by atoms with Crippen molar-refractivity contribution in [1.82, 2.24) is 19.6 Å². The fourth-order valence-electron chi connectivity index (χ4n) is 4.56. The van der Waals surface area contributed by atoms with Crippen LogP contribution in [-0.4, -0.2) is 68.1 Å². The van der Waals surface area contributed by atoms with E-state index in [2.05, 4.69) is 5.10 Å². The van der Waals surface area contributed by atoms with Crippen molar-refractivity contribution >= 4 is 51.5 Å². The number of aromatic nitrogens is 2. The van der Waals surface area contributed by atoms with Crippen LogP contribution in [0.4, 0.5) is 18.0 Å². The molecule has 0 saturated carbocycles. The molecule has 5 rings (SSSR count). The topological polar surface area (TPSA) is 78.7 Å². The highest BCUT2D eigenvalue weighted by Crippen LogP contribution is 2.37. The summed E-state index contributed by atoms with van der Waals surface area (Å²) in [4.78, 5) is 28.7. The van der Waals surface area contributed by atoms with Gasteiger partial charge in [0.1, 0.15) is 0 Å². The Bertz CT molecular complexity index is 1410. The molecule has 1 unspecified atom stereocenters. The van der Waals surface area contributed by atoms with Gasteiger partial charge in [0.15, 0.2) is 0 Å². The third-order valence-electron chi connectivity index (χ3n) is 6.26. The maximum Gasteiger partial charge on any atom is 0.416 e. The van der Waals surface area contributed by atoms with E-state index in [1.165, 1.54) is 23.0 Å². The predicted molar refractivity (Wildman–Crippen MR) is 130 cm³/mol. The van der Waals surface area contributed by atoms with Crippen molar-refractivity contribution in [2.24, 2.45) is 0 Å². The van der Waals surface area contributed by atoms with E-state index in [0.717, 1.165) is 22.7 Å². The molecule has 0 spiro atoms. The lowest BCUT2D eigenvalue weighted by molar-refractivity contribution is -0.138. The average molecular weight is 537 g/mol. The van der Waals surface area contributed by atoms with E-state index in [-0.39, 0.29) is 22.0 Å². The minimum absolute atomic E-state index is 0.0000785. The van der Waals surface area contributed by atoms with Crippen molar-refractivity contribution in [3.05, 3.63) is 69.2 Å². The van der Waals surface area contributed by atoms with Gasteiger partial charge in [-0.15, -0.1) is 0 Å². The first-order chi connectivity index (χ1) is 17.0. The van der Waals surface area contributed by atoms with Crippen molar-refractivity contribution in [3.8, 4) is 0 Å². The molecule has 7 nitrogen and oxygen atoms in total. The van der Waals surface area contributed by atoms with Crippen LogP contribution in [0.25, 0.3) is 17.0 Å². The monoisotopic (exact) mass is 536 g/mol. The third-order valence-corrected chi connectivity index (χ3v) is 7.38. The molecule has 2 amide bonds. The van der Waals surface area contributed by atoms with Crippen LogP contribution in [0.15, 0.2) is 47.5 Å². The molecule has 1 aromatic heterocycles. The molecule has 2 aliphatic heterocycles. The molecule has 188 valence electrons. The molecule has 1 N–H and O–H groups in total. The quantitative estimate of drug-likeness (QED) is 0.496. The number of aliphatic hydroxyl groups excluding tert-OH is 1. The molecule has 2 aromatic carbocycles. The molecule has 36 heavy (non-hydrogen) atoms. The summed E-state index contributed by atoms with van der Waals surface area (Å²) in [6.07, 6.45) is -2.23. The van der Waals surface area contributed by atoms with Gasteiger partial charge in [-0.2, -0.15) is 18.3 Å². The number of likely N-dealkylation sites (N-methyl/N-ethyl adjacent to an activating group) is 1. The van der Waals surface area contributed by atoms with Crippen molar-refractivity contribution in [2.75, 3.05) is 20.1 Å². The highest BCUT2D eigenvalue weighted by Gasteiger charge is 2.45. The first-order valence-electron chi connectivity index (χ1n) is 11.0. The fraction of sp³-hybridized carbons (Fsp3) is 0.292. The Hall–Kier alpha value is -2.86. The molecule has 3 aromatic rings. The second-order valence-corrected chi connectivity index (χ2v) is 10.3. The van der Waals surface area contributed by atoms with E-state index < -0.39 is 35.0 Å². The molecule has 0 aliphatic carbocycles. The van der Waals surface area contributed by atoms with Gasteiger partial charge in [0.2, 0.25) is 0 Å². The van der Waals surface area contributed by atoms with Crippen molar-refractivity contribution in [3.63, 3.8) is 0 Å². The third kappa shape index (κ3) is 4.63. The van der Waals surface area contributed by atoms with E-state index in [1.54, 1.807) is 24.3 Å². The van der Waals surface area contributed by atoms with Crippen LogP contribution in [0.2, 0.25) is 5.02 Å². The normalized spacial score (nSPS) is 22.5. The van der Waals surface area contributed by atoms with E-state index in [1.807, 2.05) is 11.9 Å². The first kappa shape index (κ1) is 24.8. The SMILES string of the molecule is CN1CC(N2C(=O)S/C(=C\c3ccc4c(cnn4Cc4ccc(Cl)cc4C(F)(F)F)c3)C2=O)[C@H](O)C1. The van der Waals surface area contributed by atoms with Crippen LogP contribution in [0.5, 0.6) is 0 Å². The second kappa shape index (κ2) is 9.22. The summed E-state index contributed by atoms with van der Waals surface area (Å²) in [5, 5.41) is 14.7. The van der Waals surface area contributed by atoms with Crippen LogP contribution in [0.1, 0.15) is 16.7 Å². The van der Waals surface area contributed by atoms with Gasteiger partial charge < -0.3 is 10.0 Å². The van der Waals surface area contributed by atoms with Crippen LogP contribution < -0.4 is 0 Å². The van der Waals surface area contributed by atoms with Gasteiger partial charge in [0.05, 0.1) is 40.9 Å². The number of thioether (sulfide) groups is 1. The Morgan fingerprint density at radius 2 is 1.97 bits per heavy atom. The number of carbonyl (C=O) groups is 2. The molecule has 2 aliphatic rings. The minimum atomic E-state index is -4.55. The number of benzene rings is 2. The minimum Gasteiger partial charge on any atom is -0.390 e. The van der Waals surface area contributed by atoms with Crippen molar-refractivity contribution < 1.29 is 27.9 Å². The number of aliphatic hydroxyl groups is 1. The molecule has 2 saturated heterocycles. The zero-order valence-corrected chi connectivity index (χ0v) is 20.4. The number of nitrogens with zero attached hydrogens (tertiary/aromatic N) is 4. The van der Waals surface area contributed by atoms with Crippen LogP contribution in [-0.2, 0) is 17.5 Å². The smallest absolute Gasteiger partial charge is 0.390 e. The summed E-state index contributed by atoms with van der Waals surface area (Å²) in [5.74, 6) is -0.456.